The minimum atomic E-state index is -0.366. The van der Waals surface area contributed by atoms with E-state index >= 15 is 0 Å². The van der Waals surface area contributed by atoms with Crippen LogP contribution in [0.25, 0.3) is 11.3 Å². The highest BCUT2D eigenvalue weighted by molar-refractivity contribution is 7.14. The maximum absolute atomic E-state index is 5.90. The number of hydrazone groups is 1. The van der Waals surface area contributed by atoms with Gasteiger partial charge in [-0.25, -0.2) is 4.98 Å². The molecule has 1 aliphatic heterocycles. The van der Waals surface area contributed by atoms with Crippen molar-refractivity contribution in [3.8, 4) is 22.8 Å². The largest absolute Gasteiger partial charge is 0.493 e. The zero-order valence-corrected chi connectivity index (χ0v) is 16.7. The molecule has 0 bridgehead atoms. The Morgan fingerprint density at radius 1 is 1.17 bits per heavy atom. The van der Waals surface area contributed by atoms with Gasteiger partial charge in [-0.15, -0.1) is 11.3 Å². The molecule has 1 aliphatic rings. The van der Waals surface area contributed by atoms with Crippen molar-refractivity contribution >= 4 is 22.7 Å². The van der Waals surface area contributed by atoms with Crippen LogP contribution in [0.4, 0.5) is 5.13 Å². The van der Waals surface area contributed by atoms with Gasteiger partial charge in [0.15, 0.2) is 17.8 Å². The van der Waals surface area contributed by atoms with E-state index in [-0.39, 0.29) is 12.9 Å². The van der Waals surface area contributed by atoms with E-state index < -0.39 is 0 Å². The molecular weight excluding hydrogens is 390 g/mol. The molecule has 1 N–H and O–H groups in total. The molecule has 0 aliphatic carbocycles. The number of nitrogens with zero attached hydrogens (tertiary/aromatic N) is 2. The second-order valence-corrected chi connectivity index (χ2v) is 6.99. The van der Waals surface area contributed by atoms with Crippen molar-refractivity contribution in [2.75, 3.05) is 32.4 Å². The molecule has 1 fully saturated rings. The Labute approximate surface area is 172 Å². The predicted molar refractivity (Wildman–Crippen MR) is 113 cm³/mol. The molecule has 0 spiro atoms. The summed E-state index contributed by atoms with van der Waals surface area (Å²) in [5, 5.41) is 7.01. The average molecular weight is 411 g/mol. The Morgan fingerprint density at radius 3 is 2.79 bits per heavy atom. The summed E-state index contributed by atoms with van der Waals surface area (Å²) < 4.78 is 22.2. The fourth-order valence-corrected chi connectivity index (χ4v) is 3.50. The highest BCUT2D eigenvalue weighted by Crippen LogP contribution is 2.31. The van der Waals surface area contributed by atoms with Crippen LogP contribution < -0.4 is 14.9 Å². The van der Waals surface area contributed by atoms with Crippen LogP contribution in [-0.4, -0.2) is 44.4 Å². The van der Waals surface area contributed by atoms with Crippen LogP contribution in [0.1, 0.15) is 5.56 Å². The molecule has 3 aromatic rings. The molecule has 0 atom stereocenters. The van der Waals surface area contributed by atoms with Crippen molar-refractivity contribution in [3.05, 3.63) is 59.5 Å². The molecule has 7 nitrogen and oxygen atoms in total. The SMILES string of the molecule is COc1cccc(C=NNc2nc(-c3ccccc3)cs2)c1OCC1OCCO1. The van der Waals surface area contributed by atoms with Gasteiger partial charge in [-0.3, -0.25) is 5.43 Å². The molecule has 1 aromatic heterocycles. The predicted octanol–water partition coefficient (Wildman–Crippen LogP) is 4.02. The van der Waals surface area contributed by atoms with E-state index in [1.54, 1.807) is 13.3 Å². The molecule has 150 valence electrons. The molecule has 1 saturated heterocycles. The first-order valence-electron chi connectivity index (χ1n) is 9.16. The Bertz CT molecular complexity index is 956. The van der Waals surface area contributed by atoms with Crippen LogP contribution in [0.5, 0.6) is 11.5 Å². The number of hydrogen-bond acceptors (Lipinski definition) is 8. The second-order valence-electron chi connectivity index (χ2n) is 6.13. The molecule has 0 saturated carbocycles. The van der Waals surface area contributed by atoms with E-state index in [0.717, 1.165) is 16.8 Å². The van der Waals surface area contributed by atoms with Gasteiger partial charge >= 0.3 is 0 Å². The van der Waals surface area contributed by atoms with Gasteiger partial charge in [-0.1, -0.05) is 36.4 Å². The lowest BCUT2D eigenvalue weighted by Crippen LogP contribution is -2.19. The number of rotatable bonds is 8. The molecule has 0 unspecified atom stereocenters. The van der Waals surface area contributed by atoms with Gasteiger partial charge in [0.1, 0.15) is 6.61 Å². The van der Waals surface area contributed by atoms with Crippen LogP contribution in [-0.2, 0) is 9.47 Å². The maximum atomic E-state index is 5.90. The molecule has 0 amide bonds. The zero-order valence-electron chi connectivity index (χ0n) is 15.9. The number of methoxy groups -OCH3 is 1. The number of hydrogen-bond donors (Lipinski definition) is 1. The van der Waals surface area contributed by atoms with Gasteiger partial charge < -0.3 is 18.9 Å². The summed E-state index contributed by atoms with van der Waals surface area (Å²) in [6.07, 6.45) is 1.31. The number of nitrogens with one attached hydrogen (secondary N) is 1. The minimum Gasteiger partial charge on any atom is -0.493 e. The number of anilines is 1. The lowest BCUT2D eigenvalue weighted by Gasteiger charge is -2.15. The minimum absolute atomic E-state index is 0.279. The first-order valence-corrected chi connectivity index (χ1v) is 10.0. The lowest BCUT2D eigenvalue weighted by molar-refractivity contribution is -0.0687. The van der Waals surface area contributed by atoms with Crippen LogP contribution in [0, 0.1) is 0 Å². The number of benzene rings is 2. The first-order chi connectivity index (χ1) is 14.3. The average Bonchev–Trinajstić information content (AvgIpc) is 3.45. The quantitative estimate of drug-likeness (QED) is 0.446. The summed E-state index contributed by atoms with van der Waals surface area (Å²) in [5.74, 6) is 1.20. The monoisotopic (exact) mass is 411 g/mol. The molecular formula is C21H21N3O4S. The summed E-state index contributed by atoms with van der Waals surface area (Å²) in [4.78, 5) is 4.56. The van der Waals surface area contributed by atoms with Crippen LogP contribution in [0.15, 0.2) is 59.0 Å². The third kappa shape index (κ3) is 4.92. The Balaban J connectivity index is 1.44. The van der Waals surface area contributed by atoms with Crippen molar-refractivity contribution in [2.24, 2.45) is 5.10 Å². The molecule has 8 heteroatoms. The summed E-state index contributed by atoms with van der Waals surface area (Å²) in [6, 6.07) is 15.6. The van der Waals surface area contributed by atoms with Gasteiger partial charge in [0.25, 0.3) is 0 Å². The molecule has 0 radical (unpaired) electrons. The van der Waals surface area contributed by atoms with Crippen LogP contribution in [0.3, 0.4) is 0 Å². The van der Waals surface area contributed by atoms with Crippen LogP contribution in [0.2, 0.25) is 0 Å². The van der Waals surface area contributed by atoms with Crippen molar-refractivity contribution in [3.63, 3.8) is 0 Å². The van der Waals surface area contributed by atoms with Gasteiger partial charge in [0, 0.05) is 16.5 Å². The molecule has 2 heterocycles. The van der Waals surface area contributed by atoms with Crippen molar-refractivity contribution in [1.82, 2.24) is 4.98 Å². The Hall–Kier alpha value is -2.94. The lowest BCUT2D eigenvalue weighted by atomic mass is 10.2. The highest BCUT2D eigenvalue weighted by atomic mass is 32.1. The zero-order chi connectivity index (χ0) is 19.9. The summed E-state index contributed by atoms with van der Waals surface area (Å²) in [7, 11) is 1.60. The molecule has 29 heavy (non-hydrogen) atoms. The number of thiazole rings is 1. The van der Waals surface area contributed by atoms with E-state index in [1.165, 1.54) is 11.3 Å². The van der Waals surface area contributed by atoms with Gasteiger partial charge in [-0.2, -0.15) is 5.10 Å². The van der Waals surface area contributed by atoms with Crippen molar-refractivity contribution in [1.29, 1.82) is 0 Å². The van der Waals surface area contributed by atoms with Crippen molar-refractivity contribution < 1.29 is 18.9 Å². The van der Waals surface area contributed by atoms with E-state index in [9.17, 15) is 0 Å². The maximum Gasteiger partial charge on any atom is 0.203 e. The third-order valence-corrected chi connectivity index (χ3v) is 4.97. The van der Waals surface area contributed by atoms with Gasteiger partial charge in [0.05, 0.1) is 32.2 Å². The fraction of sp³-hybridized carbons (Fsp3) is 0.238. The highest BCUT2D eigenvalue weighted by Gasteiger charge is 2.18. The van der Waals surface area contributed by atoms with E-state index in [1.807, 2.05) is 53.9 Å². The summed E-state index contributed by atoms with van der Waals surface area (Å²) in [5.41, 5.74) is 5.73. The number of para-hydroxylation sites is 1. The Morgan fingerprint density at radius 2 is 2.00 bits per heavy atom. The molecule has 2 aromatic carbocycles. The van der Waals surface area contributed by atoms with Gasteiger partial charge in [0.2, 0.25) is 5.13 Å². The third-order valence-electron chi connectivity index (χ3n) is 4.22. The second kappa shape index (κ2) is 9.51. The van der Waals surface area contributed by atoms with E-state index in [2.05, 4.69) is 15.5 Å². The number of ether oxygens (including phenoxy) is 4. The smallest absolute Gasteiger partial charge is 0.203 e. The topological polar surface area (TPSA) is 74.2 Å². The van der Waals surface area contributed by atoms with E-state index in [4.69, 9.17) is 18.9 Å². The summed E-state index contributed by atoms with van der Waals surface area (Å²) in [6.45, 7) is 1.44. The summed E-state index contributed by atoms with van der Waals surface area (Å²) >= 11 is 1.49. The van der Waals surface area contributed by atoms with E-state index in [0.29, 0.717) is 29.8 Å². The molecule has 4 rings (SSSR count). The van der Waals surface area contributed by atoms with Crippen molar-refractivity contribution in [2.45, 2.75) is 6.29 Å². The standard InChI is InChI=1S/C21H21N3O4S/c1-25-18-9-5-8-16(20(18)28-13-19-26-10-11-27-19)12-22-24-21-23-17(14-29-21)15-6-3-2-4-7-15/h2-9,12,14,19H,10-11,13H2,1H3,(H,23,24). The first kappa shape index (κ1) is 19.4. The van der Waals surface area contributed by atoms with Crippen LogP contribution >= 0.6 is 11.3 Å². The number of aromatic nitrogens is 1. The van der Waals surface area contributed by atoms with Gasteiger partial charge in [-0.05, 0) is 12.1 Å². The Kier molecular flexibility index (Phi) is 6.35. The normalized spacial score (nSPS) is 14.4. The fourth-order valence-electron chi connectivity index (χ4n) is 2.83.